The third kappa shape index (κ3) is 1.78. The Morgan fingerprint density at radius 1 is 1.33 bits per heavy atom. The quantitative estimate of drug-likeness (QED) is 0.718. The average molecular weight is 187 g/mol. The highest BCUT2D eigenvalue weighted by molar-refractivity contribution is 8.00. The van der Waals surface area contributed by atoms with E-state index >= 15 is 0 Å². The van der Waals surface area contributed by atoms with Crippen LogP contribution in [0.1, 0.15) is 19.3 Å². The summed E-state index contributed by atoms with van der Waals surface area (Å²) in [5, 5.41) is 5.05. The van der Waals surface area contributed by atoms with E-state index in [1.165, 1.54) is 19.3 Å². The lowest BCUT2D eigenvalue weighted by Crippen LogP contribution is -2.37. The molecule has 0 aromatic carbocycles. The van der Waals surface area contributed by atoms with E-state index in [9.17, 15) is 0 Å². The molecule has 2 nitrogen and oxygen atoms in total. The van der Waals surface area contributed by atoms with Crippen molar-refractivity contribution >= 4 is 11.8 Å². The normalized spacial score (nSPS) is 36.8. The molecule has 0 bridgehead atoms. The molecular formula is C9H17NOS. The molecule has 1 saturated carbocycles. The van der Waals surface area contributed by atoms with Crippen LogP contribution in [0.4, 0.5) is 0 Å². The van der Waals surface area contributed by atoms with Gasteiger partial charge in [-0.1, -0.05) is 6.42 Å². The summed E-state index contributed by atoms with van der Waals surface area (Å²) in [4.78, 5) is 0. The Kier molecular flexibility index (Phi) is 2.94. The van der Waals surface area contributed by atoms with E-state index in [0.717, 1.165) is 29.8 Å². The predicted octanol–water partition coefficient (Wildman–Crippen LogP) is 1.26. The van der Waals surface area contributed by atoms with Crippen LogP contribution in [0.2, 0.25) is 0 Å². The fourth-order valence-electron chi connectivity index (χ4n) is 1.96. The summed E-state index contributed by atoms with van der Waals surface area (Å²) in [5.41, 5.74) is 0. The standard InChI is InChI=1S/C9H17NOS/c1-10-8-3-2-4-9(8)12-7-5-11-6-7/h7-10H,2-6H2,1H3. The predicted molar refractivity (Wildman–Crippen MR) is 52.7 cm³/mol. The summed E-state index contributed by atoms with van der Waals surface area (Å²) in [6.07, 6.45) is 4.16. The lowest BCUT2D eigenvalue weighted by atomic mass is 10.2. The van der Waals surface area contributed by atoms with Gasteiger partial charge in [0.25, 0.3) is 0 Å². The van der Waals surface area contributed by atoms with E-state index < -0.39 is 0 Å². The van der Waals surface area contributed by atoms with Gasteiger partial charge < -0.3 is 10.1 Å². The van der Waals surface area contributed by atoms with Crippen LogP contribution in [0.5, 0.6) is 0 Å². The van der Waals surface area contributed by atoms with Gasteiger partial charge >= 0.3 is 0 Å². The van der Waals surface area contributed by atoms with Crippen LogP contribution in [0.3, 0.4) is 0 Å². The lowest BCUT2D eigenvalue weighted by molar-refractivity contribution is 0.0452. The molecule has 1 aliphatic carbocycles. The van der Waals surface area contributed by atoms with E-state index in [4.69, 9.17) is 4.74 Å². The van der Waals surface area contributed by atoms with Crippen molar-refractivity contribution < 1.29 is 4.74 Å². The Hall–Kier alpha value is 0.270. The third-order valence-corrected chi connectivity index (χ3v) is 4.37. The Morgan fingerprint density at radius 2 is 2.17 bits per heavy atom. The fourth-order valence-corrected chi connectivity index (χ4v) is 3.57. The minimum atomic E-state index is 0.760. The van der Waals surface area contributed by atoms with Gasteiger partial charge in [0.15, 0.2) is 0 Å². The molecule has 2 unspecified atom stereocenters. The van der Waals surface area contributed by atoms with Crippen molar-refractivity contribution in [3.63, 3.8) is 0 Å². The molecule has 70 valence electrons. The smallest absolute Gasteiger partial charge is 0.0608 e. The van der Waals surface area contributed by atoms with E-state index in [1.807, 2.05) is 0 Å². The average Bonchev–Trinajstić information content (AvgIpc) is 2.43. The summed E-state index contributed by atoms with van der Waals surface area (Å²) in [6, 6.07) is 0.760. The van der Waals surface area contributed by atoms with Crippen molar-refractivity contribution in [2.24, 2.45) is 0 Å². The highest BCUT2D eigenvalue weighted by Crippen LogP contribution is 2.34. The summed E-state index contributed by atoms with van der Waals surface area (Å²) >= 11 is 2.14. The molecule has 0 aromatic heterocycles. The SMILES string of the molecule is CNC1CCCC1SC1COC1. The Labute approximate surface area is 78.4 Å². The monoisotopic (exact) mass is 187 g/mol. The topological polar surface area (TPSA) is 21.3 Å². The van der Waals surface area contributed by atoms with E-state index in [1.54, 1.807) is 0 Å². The highest BCUT2D eigenvalue weighted by atomic mass is 32.2. The summed E-state index contributed by atoms with van der Waals surface area (Å²) in [5.74, 6) is 0. The molecule has 1 heterocycles. The van der Waals surface area contributed by atoms with Gasteiger partial charge in [-0.25, -0.2) is 0 Å². The molecule has 1 aliphatic heterocycles. The van der Waals surface area contributed by atoms with Crippen LogP contribution in [-0.4, -0.2) is 36.8 Å². The van der Waals surface area contributed by atoms with Gasteiger partial charge in [0.2, 0.25) is 0 Å². The summed E-state index contributed by atoms with van der Waals surface area (Å²) < 4.78 is 5.17. The molecule has 2 rings (SSSR count). The minimum absolute atomic E-state index is 0.760. The Balaban J connectivity index is 1.77. The molecular weight excluding hydrogens is 170 g/mol. The van der Waals surface area contributed by atoms with Crippen LogP contribution in [0, 0.1) is 0 Å². The number of hydrogen-bond donors (Lipinski definition) is 1. The molecule has 2 atom stereocenters. The van der Waals surface area contributed by atoms with Crippen molar-refractivity contribution in [3.05, 3.63) is 0 Å². The van der Waals surface area contributed by atoms with Gasteiger partial charge in [0, 0.05) is 11.3 Å². The maximum absolute atomic E-state index is 5.17. The fraction of sp³-hybridized carbons (Fsp3) is 1.00. The second-order valence-corrected chi connectivity index (χ2v) is 5.20. The van der Waals surface area contributed by atoms with Crippen LogP contribution in [-0.2, 0) is 4.74 Å². The molecule has 3 heteroatoms. The maximum atomic E-state index is 5.17. The molecule has 0 aromatic rings. The molecule has 1 N–H and O–H groups in total. The first-order valence-electron chi connectivity index (χ1n) is 4.80. The Morgan fingerprint density at radius 3 is 2.75 bits per heavy atom. The number of rotatable bonds is 3. The lowest BCUT2D eigenvalue weighted by Gasteiger charge is -2.30. The van der Waals surface area contributed by atoms with Crippen LogP contribution >= 0.6 is 11.8 Å². The van der Waals surface area contributed by atoms with Crippen LogP contribution in [0.25, 0.3) is 0 Å². The molecule has 0 spiro atoms. The Bertz CT molecular complexity index is 149. The molecule has 0 radical (unpaired) electrons. The van der Waals surface area contributed by atoms with Gasteiger partial charge in [-0.3, -0.25) is 0 Å². The second kappa shape index (κ2) is 3.99. The van der Waals surface area contributed by atoms with E-state index in [2.05, 4.69) is 24.1 Å². The van der Waals surface area contributed by atoms with Crippen molar-refractivity contribution in [2.75, 3.05) is 20.3 Å². The van der Waals surface area contributed by atoms with E-state index in [0.29, 0.717) is 0 Å². The van der Waals surface area contributed by atoms with Crippen LogP contribution in [0.15, 0.2) is 0 Å². The van der Waals surface area contributed by atoms with Crippen molar-refractivity contribution in [2.45, 2.75) is 35.8 Å². The van der Waals surface area contributed by atoms with Crippen molar-refractivity contribution in [1.29, 1.82) is 0 Å². The van der Waals surface area contributed by atoms with Crippen molar-refractivity contribution in [1.82, 2.24) is 5.32 Å². The van der Waals surface area contributed by atoms with E-state index in [-0.39, 0.29) is 0 Å². The highest BCUT2D eigenvalue weighted by Gasteiger charge is 2.31. The number of thioether (sulfide) groups is 1. The molecule has 0 amide bonds. The molecule has 2 fully saturated rings. The van der Waals surface area contributed by atoms with Crippen molar-refractivity contribution in [3.8, 4) is 0 Å². The summed E-state index contributed by atoms with van der Waals surface area (Å²) in [6.45, 7) is 1.97. The van der Waals surface area contributed by atoms with Gasteiger partial charge in [0.05, 0.1) is 18.5 Å². The first-order valence-corrected chi connectivity index (χ1v) is 5.75. The molecule has 12 heavy (non-hydrogen) atoms. The van der Waals surface area contributed by atoms with Gasteiger partial charge in [0.1, 0.15) is 0 Å². The molecule has 1 saturated heterocycles. The zero-order valence-corrected chi connectivity index (χ0v) is 8.40. The van der Waals surface area contributed by atoms with Gasteiger partial charge in [-0.05, 0) is 19.9 Å². The zero-order chi connectivity index (χ0) is 8.39. The van der Waals surface area contributed by atoms with Gasteiger partial charge in [-0.15, -0.1) is 11.8 Å². The minimum Gasteiger partial charge on any atom is -0.379 e. The first-order chi connectivity index (χ1) is 5.90. The largest absolute Gasteiger partial charge is 0.379 e. The number of hydrogen-bond acceptors (Lipinski definition) is 3. The number of nitrogens with one attached hydrogen (secondary N) is 1. The zero-order valence-electron chi connectivity index (χ0n) is 7.58. The third-order valence-electron chi connectivity index (χ3n) is 2.80. The van der Waals surface area contributed by atoms with Crippen LogP contribution < -0.4 is 5.32 Å². The second-order valence-electron chi connectivity index (χ2n) is 3.66. The maximum Gasteiger partial charge on any atom is 0.0608 e. The number of ether oxygens (including phenoxy) is 1. The van der Waals surface area contributed by atoms with Gasteiger partial charge in [-0.2, -0.15) is 0 Å². The molecule has 2 aliphatic rings. The first kappa shape index (κ1) is 8.85. The summed E-state index contributed by atoms with van der Waals surface area (Å²) in [7, 11) is 2.08.